The molecule has 4 heteroatoms. The van der Waals surface area contributed by atoms with Crippen LogP contribution < -0.4 is 0 Å². The number of hydrogen-bond donors (Lipinski definition) is 0. The molecule has 0 atom stereocenters. The summed E-state index contributed by atoms with van der Waals surface area (Å²) in [4.78, 5) is 0.425. The lowest BCUT2D eigenvalue weighted by atomic mass is 9.56. The highest BCUT2D eigenvalue weighted by Crippen LogP contribution is 2.61. The average molecular weight is 465 g/mol. The van der Waals surface area contributed by atoms with Gasteiger partial charge in [-0.1, -0.05) is 12.8 Å². The van der Waals surface area contributed by atoms with E-state index in [0.717, 1.165) is 13.2 Å². The summed E-state index contributed by atoms with van der Waals surface area (Å²) >= 11 is 4.43. The zero-order valence-electron chi connectivity index (χ0n) is 19.7. The molecule has 2 saturated heterocycles. The van der Waals surface area contributed by atoms with E-state index >= 15 is 0 Å². The van der Waals surface area contributed by atoms with Gasteiger partial charge in [0.25, 0.3) is 0 Å². The maximum atomic E-state index is 6.66. The molecule has 2 aliphatic heterocycles. The Morgan fingerprint density at radius 2 is 0.742 bits per heavy atom. The van der Waals surface area contributed by atoms with Gasteiger partial charge in [-0.2, -0.15) is 0 Å². The van der Waals surface area contributed by atoms with Crippen LogP contribution in [-0.2, 0) is 9.47 Å². The van der Waals surface area contributed by atoms with E-state index in [0.29, 0.717) is 16.2 Å². The van der Waals surface area contributed by atoms with Gasteiger partial charge in [0.2, 0.25) is 0 Å². The number of thioether (sulfide) groups is 2. The van der Waals surface area contributed by atoms with E-state index in [9.17, 15) is 0 Å². The molecule has 4 aliphatic carbocycles. The van der Waals surface area contributed by atoms with Crippen LogP contribution in [0.4, 0.5) is 0 Å². The van der Waals surface area contributed by atoms with Crippen molar-refractivity contribution in [3.63, 3.8) is 0 Å². The second kappa shape index (κ2) is 8.38. The van der Waals surface area contributed by atoms with Gasteiger partial charge in [-0.15, -0.1) is 23.5 Å². The molecule has 2 heterocycles. The van der Waals surface area contributed by atoms with Crippen molar-refractivity contribution in [3.05, 3.63) is 0 Å². The van der Waals surface area contributed by atoms with Crippen molar-refractivity contribution < 1.29 is 9.47 Å². The molecule has 0 bridgehead atoms. The lowest BCUT2D eigenvalue weighted by molar-refractivity contribution is -0.0959. The van der Waals surface area contributed by atoms with E-state index in [1.807, 2.05) is 0 Å². The minimum atomic E-state index is 0.212. The first-order valence-electron chi connectivity index (χ1n) is 13.6. The maximum absolute atomic E-state index is 6.66. The molecule has 6 rings (SSSR count). The van der Waals surface area contributed by atoms with Gasteiger partial charge in [-0.25, -0.2) is 0 Å². The van der Waals surface area contributed by atoms with E-state index in [1.165, 1.54) is 127 Å². The molecular formula is C27H44O2S2. The molecule has 176 valence electrons. The fraction of sp³-hybridized carbons (Fsp3) is 1.00. The molecule has 0 aromatic heterocycles. The van der Waals surface area contributed by atoms with Gasteiger partial charge in [0.1, 0.15) is 9.87 Å². The third-order valence-corrected chi connectivity index (χ3v) is 14.2. The Balaban J connectivity index is 1.01. The topological polar surface area (TPSA) is 18.5 Å². The smallest absolute Gasteiger partial charge is 0.113 e. The number of ether oxygens (including phenoxy) is 2. The van der Waals surface area contributed by atoms with Crippen molar-refractivity contribution in [1.29, 1.82) is 0 Å². The van der Waals surface area contributed by atoms with Crippen LogP contribution in [0.5, 0.6) is 0 Å². The fourth-order valence-electron chi connectivity index (χ4n) is 7.76. The molecule has 2 nitrogen and oxygen atoms in total. The van der Waals surface area contributed by atoms with Crippen LogP contribution >= 0.6 is 23.5 Å². The Kier molecular flexibility index (Phi) is 5.98. The third-order valence-electron chi connectivity index (χ3n) is 10.5. The molecule has 4 saturated carbocycles. The van der Waals surface area contributed by atoms with Gasteiger partial charge in [-0.05, 0) is 108 Å². The van der Waals surface area contributed by atoms with Crippen LogP contribution in [0.2, 0.25) is 0 Å². The highest BCUT2D eigenvalue weighted by Gasteiger charge is 2.53. The number of hydrogen-bond acceptors (Lipinski definition) is 4. The van der Waals surface area contributed by atoms with Crippen molar-refractivity contribution in [2.75, 3.05) is 24.7 Å². The molecule has 0 unspecified atom stereocenters. The molecule has 6 fully saturated rings. The summed E-state index contributed by atoms with van der Waals surface area (Å²) in [6.07, 6.45) is 25.2. The normalized spacial score (nSPS) is 44.9. The summed E-state index contributed by atoms with van der Waals surface area (Å²) in [7, 11) is 0. The Morgan fingerprint density at radius 3 is 1.06 bits per heavy atom. The lowest BCUT2D eigenvalue weighted by Crippen LogP contribution is -2.50. The summed E-state index contributed by atoms with van der Waals surface area (Å²) in [5.41, 5.74) is 1.67. The van der Waals surface area contributed by atoms with Crippen molar-refractivity contribution in [2.45, 2.75) is 125 Å². The predicted molar refractivity (Wildman–Crippen MR) is 133 cm³/mol. The van der Waals surface area contributed by atoms with Gasteiger partial charge in [-0.3, -0.25) is 0 Å². The van der Waals surface area contributed by atoms with Gasteiger partial charge in [0.05, 0.1) is 13.2 Å². The van der Waals surface area contributed by atoms with Crippen LogP contribution in [0.1, 0.15) is 116 Å². The minimum Gasteiger partial charge on any atom is -0.364 e. The van der Waals surface area contributed by atoms with Crippen LogP contribution in [0.15, 0.2) is 0 Å². The molecule has 0 aromatic rings. The quantitative estimate of drug-likeness (QED) is 0.362. The van der Waals surface area contributed by atoms with Crippen molar-refractivity contribution in [1.82, 2.24) is 0 Å². The number of rotatable bonds is 0. The Bertz CT molecular complexity index is 550. The summed E-state index contributed by atoms with van der Waals surface area (Å²) in [6, 6.07) is 0. The SMILES string of the molecule is C1CCC2(CC1)OCC1(CCC3(CC1)CCC1(CC3)COC3(CCCCC3)SC1)CS2. The first-order valence-corrected chi connectivity index (χ1v) is 15.6. The van der Waals surface area contributed by atoms with Crippen LogP contribution in [-0.4, -0.2) is 34.6 Å². The summed E-state index contributed by atoms with van der Waals surface area (Å²) < 4.78 is 13.3. The van der Waals surface area contributed by atoms with Gasteiger partial charge >= 0.3 is 0 Å². The molecule has 0 amide bonds. The standard InChI is InChI=1S/C27H44O2S2/c1-3-7-26(8-4-1)28-19-24(21-30-26)15-11-23(12-16-24)13-17-25(18-14-23)20-29-27(31-22-25)9-5-2-6-10-27/h1-22H2. The van der Waals surface area contributed by atoms with Crippen LogP contribution in [0, 0.1) is 16.2 Å². The minimum absolute atomic E-state index is 0.212. The second-order valence-electron chi connectivity index (χ2n) is 12.6. The van der Waals surface area contributed by atoms with Gasteiger partial charge < -0.3 is 9.47 Å². The predicted octanol–water partition coefficient (Wildman–Crippen LogP) is 7.94. The summed E-state index contributed by atoms with van der Waals surface area (Å²) in [5.74, 6) is 2.75. The fourth-order valence-corrected chi connectivity index (χ4v) is 11.1. The molecule has 0 radical (unpaired) electrons. The second-order valence-corrected chi connectivity index (χ2v) is 15.2. The molecule has 31 heavy (non-hydrogen) atoms. The van der Waals surface area contributed by atoms with E-state index in [-0.39, 0.29) is 9.87 Å². The average Bonchev–Trinajstić information content (AvgIpc) is 2.84. The molecule has 0 aromatic carbocycles. The largest absolute Gasteiger partial charge is 0.364 e. The molecule has 6 aliphatic rings. The van der Waals surface area contributed by atoms with Crippen molar-refractivity contribution in [2.24, 2.45) is 16.2 Å². The first-order chi connectivity index (χ1) is 15.1. The van der Waals surface area contributed by atoms with Crippen LogP contribution in [0.3, 0.4) is 0 Å². The molecule has 5 spiro atoms. The van der Waals surface area contributed by atoms with E-state index in [2.05, 4.69) is 23.5 Å². The molecular weight excluding hydrogens is 420 g/mol. The summed E-state index contributed by atoms with van der Waals surface area (Å²) in [6.45, 7) is 2.12. The van der Waals surface area contributed by atoms with E-state index < -0.39 is 0 Å². The van der Waals surface area contributed by atoms with Crippen molar-refractivity contribution in [3.8, 4) is 0 Å². The monoisotopic (exact) mass is 464 g/mol. The highest BCUT2D eigenvalue weighted by atomic mass is 32.2. The maximum Gasteiger partial charge on any atom is 0.113 e. The lowest BCUT2D eigenvalue weighted by Gasteiger charge is -2.56. The van der Waals surface area contributed by atoms with Crippen LogP contribution in [0.25, 0.3) is 0 Å². The van der Waals surface area contributed by atoms with Crippen molar-refractivity contribution >= 4 is 23.5 Å². The van der Waals surface area contributed by atoms with Gasteiger partial charge in [0.15, 0.2) is 0 Å². The van der Waals surface area contributed by atoms with Gasteiger partial charge in [0, 0.05) is 22.3 Å². The zero-order valence-corrected chi connectivity index (χ0v) is 21.3. The Morgan fingerprint density at radius 1 is 0.387 bits per heavy atom. The zero-order chi connectivity index (χ0) is 20.9. The molecule has 0 N–H and O–H groups in total. The highest BCUT2D eigenvalue weighted by molar-refractivity contribution is 8.00. The third kappa shape index (κ3) is 4.27. The Labute approximate surface area is 199 Å². The van der Waals surface area contributed by atoms with E-state index in [4.69, 9.17) is 9.47 Å². The Hall–Kier alpha value is 0.620. The first kappa shape index (κ1) is 22.1. The summed E-state index contributed by atoms with van der Waals surface area (Å²) in [5, 5.41) is 0. The van der Waals surface area contributed by atoms with E-state index in [1.54, 1.807) is 0 Å².